The Balaban J connectivity index is 1.22. The maximum atomic E-state index is 9.07. The molecule has 3 aromatic heterocycles. The highest BCUT2D eigenvalue weighted by Gasteiger charge is 2.22. The van der Waals surface area contributed by atoms with E-state index < -0.39 is 0 Å². The van der Waals surface area contributed by atoms with Gasteiger partial charge in [0, 0.05) is 36.8 Å². The van der Waals surface area contributed by atoms with Crippen LogP contribution in [0.15, 0.2) is 53.1 Å². The number of ether oxygens (including phenoxy) is 3. The molecule has 1 aliphatic rings. The van der Waals surface area contributed by atoms with Gasteiger partial charge >= 0.3 is 0 Å². The Hall–Kier alpha value is -4.23. The van der Waals surface area contributed by atoms with Crippen LogP contribution in [-0.4, -0.2) is 48.5 Å². The Labute approximate surface area is 217 Å². The first-order chi connectivity index (χ1) is 18.1. The van der Waals surface area contributed by atoms with Crippen LogP contribution in [0.25, 0.3) is 27.4 Å². The summed E-state index contributed by atoms with van der Waals surface area (Å²) in [6.07, 6.45) is 4.01. The fourth-order valence-electron chi connectivity index (χ4n) is 4.72. The topological polar surface area (TPSA) is 98.1 Å². The van der Waals surface area contributed by atoms with E-state index in [1.54, 1.807) is 18.7 Å². The molecular formula is C27H25N5O4S. The number of hydrogen-bond acceptors (Lipinski definition) is 9. The number of piperidine rings is 1. The summed E-state index contributed by atoms with van der Waals surface area (Å²) < 4.78 is 24.9. The van der Waals surface area contributed by atoms with Gasteiger partial charge in [0.15, 0.2) is 5.76 Å². The summed E-state index contributed by atoms with van der Waals surface area (Å²) in [5.74, 6) is 2.40. The quantitative estimate of drug-likeness (QED) is 0.285. The van der Waals surface area contributed by atoms with Gasteiger partial charge in [0.1, 0.15) is 22.8 Å². The Kier molecular flexibility index (Phi) is 6.06. The molecule has 0 radical (unpaired) electrons. The maximum absolute atomic E-state index is 9.07. The van der Waals surface area contributed by atoms with Gasteiger partial charge in [-0.05, 0) is 54.5 Å². The SMILES string of the molecule is COc1cc(OC[C@@H]2CCCN(c3ccc(C#N)cc3)C2)c2cc(-c3cn4nc(OC)sc4n3)oc2c1. The van der Waals surface area contributed by atoms with Gasteiger partial charge in [-0.2, -0.15) is 5.26 Å². The van der Waals surface area contributed by atoms with Gasteiger partial charge in [-0.3, -0.25) is 0 Å². The van der Waals surface area contributed by atoms with Crippen LogP contribution < -0.4 is 19.1 Å². The second-order valence-corrected chi connectivity index (χ2v) is 9.92. The van der Waals surface area contributed by atoms with E-state index in [9.17, 15) is 0 Å². The van der Waals surface area contributed by atoms with Crippen molar-refractivity contribution in [3.05, 3.63) is 54.2 Å². The summed E-state index contributed by atoms with van der Waals surface area (Å²) >= 11 is 1.37. The summed E-state index contributed by atoms with van der Waals surface area (Å²) in [7, 11) is 3.22. The van der Waals surface area contributed by atoms with Crippen molar-refractivity contribution in [3.63, 3.8) is 0 Å². The molecule has 5 aromatic rings. The van der Waals surface area contributed by atoms with Crippen molar-refractivity contribution in [2.75, 3.05) is 38.8 Å². The van der Waals surface area contributed by atoms with Crippen molar-refractivity contribution in [1.82, 2.24) is 14.6 Å². The lowest BCUT2D eigenvalue weighted by Crippen LogP contribution is -2.37. The van der Waals surface area contributed by atoms with Crippen molar-refractivity contribution in [3.8, 4) is 34.2 Å². The van der Waals surface area contributed by atoms with Crippen LogP contribution in [-0.2, 0) is 0 Å². The number of nitriles is 1. The number of fused-ring (bicyclic) bond motifs is 2. The molecule has 4 heterocycles. The average molecular weight is 516 g/mol. The highest BCUT2D eigenvalue weighted by Crippen LogP contribution is 2.38. The fraction of sp³-hybridized carbons (Fsp3) is 0.296. The molecule has 2 aromatic carbocycles. The standard InChI is InChI=1S/C27H25N5O4S/c1-33-20-10-23(35-16-18-4-3-9-31(14-18)19-7-5-17(13-28)6-8-19)21-12-25(36-24(21)11-20)22-15-32-26(29-22)37-27(30-32)34-2/h5-8,10-12,15,18H,3-4,9,14,16H2,1-2H3/t18-/m1/s1. The summed E-state index contributed by atoms with van der Waals surface area (Å²) in [4.78, 5) is 7.73. The van der Waals surface area contributed by atoms with E-state index in [-0.39, 0.29) is 0 Å². The number of furan rings is 1. The summed E-state index contributed by atoms with van der Waals surface area (Å²) in [6, 6.07) is 15.7. The van der Waals surface area contributed by atoms with E-state index in [0.717, 1.165) is 47.7 Å². The lowest BCUT2D eigenvalue weighted by Gasteiger charge is -2.34. The Morgan fingerprint density at radius 3 is 2.78 bits per heavy atom. The minimum atomic E-state index is 0.373. The number of methoxy groups -OCH3 is 2. The van der Waals surface area contributed by atoms with Crippen molar-refractivity contribution in [2.45, 2.75) is 12.8 Å². The Bertz CT molecular complexity index is 1570. The molecule has 0 spiro atoms. The zero-order chi connectivity index (χ0) is 25.4. The summed E-state index contributed by atoms with van der Waals surface area (Å²) in [5.41, 5.74) is 3.18. The highest BCUT2D eigenvalue weighted by molar-refractivity contribution is 7.18. The Morgan fingerprint density at radius 1 is 1.16 bits per heavy atom. The van der Waals surface area contributed by atoms with Gasteiger partial charge in [0.05, 0.1) is 44.0 Å². The fourth-order valence-corrected chi connectivity index (χ4v) is 5.42. The van der Waals surface area contributed by atoms with Crippen LogP contribution in [0.5, 0.6) is 16.7 Å². The van der Waals surface area contributed by atoms with E-state index in [2.05, 4.69) is 21.1 Å². The largest absolute Gasteiger partial charge is 0.496 e. The maximum Gasteiger partial charge on any atom is 0.294 e. The minimum absolute atomic E-state index is 0.373. The van der Waals surface area contributed by atoms with E-state index in [1.165, 1.54) is 11.3 Å². The molecule has 0 saturated carbocycles. The molecule has 0 amide bonds. The predicted molar refractivity (Wildman–Crippen MR) is 141 cm³/mol. The first kappa shape index (κ1) is 23.2. The van der Waals surface area contributed by atoms with Gasteiger partial charge < -0.3 is 23.5 Å². The Morgan fingerprint density at radius 2 is 2.03 bits per heavy atom. The number of rotatable bonds is 7. The third kappa shape index (κ3) is 4.54. The zero-order valence-corrected chi connectivity index (χ0v) is 21.3. The van der Waals surface area contributed by atoms with Crippen LogP contribution in [0.3, 0.4) is 0 Å². The van der Waals surface area contributed by atoms with E-state index >= 15 is 0 Å². The monoisotopic (exact) mass is 515 g/mol. The lowest BCUT2D eigenvalue weighted by atomic mass is 9.98. The average Bonchev–Trinajstić information content (AvgIpc) is 3.65. The molecule has 0 N–H and O–H groups in total. The molecule has 1 atom stereocenters. The van der Waals surface area contributed by atoms with Crippen molar-refractivity contribution >= 4 is 33.0 Å². The minimum Gasteiger partial charge on any atom is -0.496 e. The summed E-state index contributed by atoms with van der Waals surface area (Å²) in [6.45, 7) is 2.48. The second-order valence-electron chi connectivity index (χ2n) is 9.00. The summed E-state index contributed by atoms with van der Waals surface area (Å²) in [5, 5.41) is 14.8. The molecule has 1 aliphatic heterocycles. The van der Waals surface area contributed by atoms with Crippen LogP contribution in [0.2, 0.25) is 0 Å². The van der Waals surface area contributed by atoms with Crippen molar-refractivity contribution in [1.29, 1.82) is 5.26 Å². The molecule has 6 rings (SSSR count). The second kappa shape index (κ2) is 9.67. The molecule has 188 valence electrons. The van der Waals surface area contributed by atoms with Crippen molar-refractivity contribution < 1.29 is 18.6 Å². The normalized spacial score (nSPS) is 15.7. The number of benzene rings is 2. The van der Waals surface area contributed by atoms with E-state index in [1.807, 2.05) is 48.7 Å². The van der Waals surface area contributed by atoms with E-state index in [0.29, 0.717) is 46.1 Å². The zero-order valence-electron chi connectivity index (χ0n) is 20.5. The molecule has 10 heteroatoms. The predicted octanol–water partition coefficient (Wildman–Crippen LogP) is 5.39. The smallest absolute Gasteiger partial charge is 0.294 e. The molecule has 1 fully saturated rings. The molecule has 9 nitrogen and oxygen atoms in total. The number of hydrogen-bond donors (Lipinski definition) is 0. The van der Waals surface area contributed by atoms with Crippen LogP contribution >= 0.6 is 11.3 Å². The number of aromatic nitrogens is 3. The first-order valence-electron chi connectivity index (χ1n) is 12.0. The highest BCUT2D eigenvalue weighted by atomic mass is 32.1. The van der Waals surface area contributed by atoms with Crippen LogP contribution in [0.4, 0.5) is 5.69 Å². The molecule has 1 saturated heterocycles. The molecular weight excluding hydrogens is 490 g/mol. The molecule has 0 bridgehead atoms. The van der Waals surface area contributed by atoms with Gasteiger partial charge in [0.2, 0.25) is 4.96 Å². The molecule has 0 aliphatic carbocycles. The third-order valence-electron chi connectivity index (χ3n) is 6.62. The third-order valence-corrected chi connectivity index (χ3v) is 7.50. The molecule has 37 heavy (non-hydrogen) atoms. The van der Waals surface area contributed by atoms with Crippen molar-refractivity contribution in [2.24, 2.45) is 5.92 Å². The molecule has 0 unspecified atom stereocenters. The first-order valence-corrected chi connectivity index (χ1v) is 12.8. The van der Waals surface area contributed by atoms with Crippen LogP contribution in [0.1, 0.15) is 18.4 Å². The van der Waals surface area contributed by atoms with E-state index in [4.69, 9.17) is 23.9 Å². The van der Waals surface area contributed by atoms with Gasteiger partial charge in [-0.1, -0.05) is 0 Å². The van der Waals surface area contributed by atoms with Crippen LogP contribution in [0, 0.1) is 17.2 Å². The van der Waals surface area contributed by atoms with Gasteiger partial charge in [0.25, 0.3) is 5.19 Å². The number of imidazole rings is 1. The van der Waals surface area contributed by atoms with Gasteiger partial charge in [-0.25, -0.2) is 9.50 Å². The number of anilines is 1. The number of nitrogens with zero attached hydrogens (tertiary/aromatic N) is 5. The van der Waals surface area contributed by atoms with Gasteiger partial charge in [-0.15, -0.1) is 5.10 Å². The lowest BCUT2D eigenvalue weighted by molar-refractivity contribution is 0.230.